The van der Waals surface area contributed by atoms with E-state index in [1.807, 2.05) is 18.9 Å². The Kier molecular flexibility index (Phi) is 3.09. The van der Waals surface area contributed by atoms with Crippen molar-refractivity contribution in [2.24, 2.45) is 5.73 Å². The molecule has 0 aromatic rings. The van der Waals surface area contributed by atoms with Gasteiger partial charge in [0, 0.05) is 13.1 Å². The first-order valence-electron chi connectivity index (χ1n) is 4.69. The first kappa shape index (κ1) is 9.52. The third-order valence-corrected chi connectivity index (χ3v) is 2.73. The van der Waals surface area contributed by atoms with Crippen LogP contribution in [0.2, 0.25) is 0 Å². The molecular weight excluding hydrogens is 152 g/mol. The number of carbonyl (C=O) groups excluding carboxylic acids is 1. The van der Waals surface area contributed by atoms with Gasteiger partial charge in [-0.1, -0.05) is 6.92 Å². The first-order valence-corrected chi connectivity index (χ1v) is 4.69. The van der Waals surface area contributed by atoms with Crippen molar-refractivity contribution in [1.82, 2.24) is 4.90 Å². The van der Waals surface area contributed by atoms with Crippen molar-refractivity contribution >= 4 is 5.91 Å². The van der Waals surface area contributed by atoms with Crippen molar-refractivity contribution < 1.29 is 4.79 Å². The molecule has 0 aliphatic heterocycles. The lowest BCUT2D eigenvalue weighted by Crippen LogP contribution is -2.48. The maximum atomic E-state index is 11.5. The summed E-state index contributed by atoms with van der Waals surface area (Å²) in [6.07, 6.45) is 4.29. The highest BCUT2D eigenvalue weighted by Gasteiger charge is 2.27. The fourth-order valence-electron chi connectivity index (χ4n) is 1.39. The summed E-state index contributed by atoms with van der Waals surface area (Å²) in [5.74, 6) is 0.0993. The molecule has 1 amide bonds. The van der Waals surface area contributed by atoms with E-state index in [4.69, 9.17) is 5.73 Å². The Morgan fingerprint density at radius 2 is 2.25 bits per heavy atom. The van der Waals surface area contributed by atoms with Gasteiger partial charge in [0.25, 0.3) is 0 Å². The number of hydrogen-bond acceptors (Lipinski definition) is 2. The molecule has 0 aromatic carbocycles. The molecule has 0 bridgehead atoms. The molecule has 0 heterocycles. The maximum Gasteiger partial charge on any atom is 0.239 e. The lowest BCUT2D eigenvalue weighted by Gasteiger charge is -2.35. The van der Waals surface area contributed by atoms with E-state index in [1.165, 1.54) is 6.42 Å². The van der Waals surface area contributed by atoms with E-state index < -0.39 is 0 Å². The Morgan fingerprint density at radius 3 is 2.58 bits per heavy atom. The van der Waals surface area contributed by atoms with Gasteiger partial charge in [-0.3, -0.25) is 4.79 Å². The third kappa shape index (κ3) is 1.78. The second-order valence-electron chi connectivity index (χ2n) is 3.55. The monoisotopic (exact) mass is 170 g/mol. The van der Waals surface area contributed by atoms with E-state index in [1.54, 1.807) is 0 Å². The summed E-state index contributed by atoms with van der Waals surface area (Å²) >= 11 is 0. The zero-order chi connectivity index (χ0) is 9.14. The molecule has 0 radical (unpaired) electrons. The van der Waals surface area contributed by atoms with Crippen LogP contribution in [0.4, 0.5) is 0 Å². The summed E-state index contributed by atoms with van der Waals surface area (Å²) in [5, 5.41) is 0. The second kappa shape index (κ2) is 3.90. The lowest BCUT2D eigenvalue weighted by molar-refractivity contribution is -0.134. The minimum Gasteiger partial charge on any atom is -0.341 e. The molecule has 1 fully saturated rings. The van der Waals surface area contributed by atoms with Crippen molar-refractivity contribution in [3.05, 3.63) is 0 Å². The summed E-state index contributed by atoms with van der Waals surface area (Å²) in [4.78, 5) is 13.3. The molecule has 1 aliphatic rings. The predicted molar refractivity (Wildman–Crippen MR) is 48.7 cm³/mol. The second-order valence-corrected chi connectivity index (χ2v) is 3.55. The highest BCUT2D eigenvalue weighted by molar-refractivity contribution is 5.81. The van der Waals surface area contributed by atoms with Gasteiger partial charge in [0.05, 0.1) is 6.04 Å². The van der Waals surface area contributed by atoms with E-state index in [-0.39, 0.29) is 11.9 Å². The molecule has 0 spiro atoms. The molecule has 1 atom stereocenters. The number of nitrogens with zero attached hydrogens (tertiary/aromatic N) is 1. The van der Waals surface area contributed by atoms with Gasteiger partial charge < -0.3 is 10.6 Å². The van der Waals surface area contributed by atoms with Crippen LogP contribution >= 0.6 is 0 Å². The minimum absolute atomic E-state index is 0.0993. The van der Waals surface area contributed by atoms with Crippen LogP contribution in [0.25, 0.3) is 0 Å². The van der Waals surface area contributed by atoms with Gasteiger partial charge in [-0.15, -0.1) is 0 Å². The number of carbonyl (C=O) groups is 1. The van der Waals surface area contributed by atoms with Gasteiger partial charge in [0.1, 0.15) is 0 Å². The normalized spacial score (nSPS) is 19.9. The molecule has 1 aliphatic carbocycles. The van der Waals surface area contributed by atoms with Gasteiger partial charge >= 0.3 is 0 Å². The molecule has 0 aromatic heterocycles. The number of nitrogens with two attached hydrogens (primary N) is 1. The average Bonchev–Trinajstić information content (AvgIpc) is 1.98. The van der Waals surface area contributed by atoms with Crippen LogP contribution in [-0.2, 0) is 4.79 Å². The highest BCUT2D eigenvalue weighted by atomic mass is 16.2. The standard InChI is InChI=1S/C9H18N2O/c1-3-8(10)9(12)11(2)7-5-4-6-7/h7-8H,3-6,10H2,1-2H3/t8-/m0/s1. The zero-order valence-corrected chi connectivity index (χ0v) is 7.92. The van der Waals surface area contributed by atoms with Gasteiger partial charge in [0.2, 0.25) is 5.91 Å². The summed E-state index contributed by atoms with van der Waals surface area (Å²) in [7, 11) is 1.86. The summed E-state index contributed by atoms with van der Waals surface area (Å²) in [6, 6.07) is 0.172. The Balaban J connectivity index is 2.39. The topological polar surface area (TPSA) is 46.3 Å². The van der Waals surface area contributed by atoms with Gasteiger partial charge in [-0.25, -0.2) is 0 Å². The van der Waals surface area contributed by atoms with Crippen LogP contribution in [-0.4, -0.2) is 29.9 Å². The first-order chi connectivity index (χ1) is 5.66. The van der Waals surface area contributed by atoms with Crippen LogP contribution in [0.5, 0.6) is 0 Å². The zero-order valence-electron chi connectivity index (χ0n) is 7.92. The lowest BCUT2D eigenvalue weighted by atomic mass is 9.91. The Bertz CT molecular complexity index is 166. The third-order valence-electron chi connectivity index (χ3n) is 2.73. The Hall–Kier alpha value is -0.570. The van der Waals surface area contributed by atoms with Crippen LogP contribution in [0.15, 0.2) is 0 Å². The smallest absolute Gasteiger partial charge is 0.239 e. The molecular formula is C9H18N2O. The molecule has 2 N–H and O–H groups in total. The highest BCUT2D eigenvalue weighted by Crippen LogP contribution is 2.23. The number of amides is 1. The molecule has 0 unspecified atom stereocenters. The average molecular weight is 170 g/mol. The molecule has 70 valence electrons. The van der Waals surface area contributed by atoms with E-state index in [2.05, 4.69) is 0 Å². The van der Waals surface area contributed by atoms with Crippen LogP contribution in [0.3, 0.4) is 0 Å². The van der Waals surface area contributed by atoms with Crippen molar-refractivity contribution in [3.8, 4) is 0 Å². The molecule has 1 rings (SSSR count). The van der Waals surface area contributed by atoms with Crippen molar-refractivity contribution in [2.75, 3.05) is 7.05 Å². The largest absolute Gasteiger partial charge is 0.341 e. The van der Waals surface area contributed by atoms with E-state index in [9.17, 15) is 4.79 Å². The van der Waals surface area contributed by atoms with E-state index in [0.29, 0.717) is 6.04 Å². The molecule has 3 heteroatoms. The fraction of sp³-hybridized carbons (Fsp3) is 0.889. The summed E-state index contributed by atoms with van der Waals surface area (Å²) in [5.41, 5.74) is 5.64. The molecule has 1 saturated carbocycles. The van der Waals surface area contributed by atoms with Crippen molar-refractivity contribution in [1.29, 1.82) is 0 Å². The Morgan fingerprint density at radius 1 is 1.67 bits per heavy atom. The van der Waals surface area contributed by atoms with Gasteiger partial charge in [0.15, 0.2) is 0 Å². The number of likely N-dealkylation sites (N-methyl/N-ethyl adjacent to an activating group) is 1. The number of rotatable bonds is 3. The summed E-state index contributed by atoms with van der Waals surface area (Å²) < 4.78 is 0. The molecule has 3 nitrogen and oxygen atoms in total. The van der Waals surface area contributed by atoms with E-state index in [0.717, 1.165) is 19.3 Å². The van der Waals surface area contributed by atoms with E-state index >= 15 is 0 Å². The Labute approximate surface area is 73.9 Å². The predicted octanol–water partition coefficient (Wildman–Crippen LogP) is 0.735. The van der Waals surface area contributed by atoms with Gasteiger partial charge in [-0.05, 0) is 25.7 Å². The SMILES string of the molecule is CC[C@H](N)C(=O)N(C)C1CCC1. The van der Waals surface area contributed by atoms with Gasteiger partial charge in [-0.2, -0.15) is 0 Å². The van der Waals surface area contributed by atoms with Crippen LogP contribution < -0.4 is 5.73 Å². The molecule has 12 heavy (non-hydrogen) atoms. The fourth-order valence-corrected chi connectivity index (χ4v) is 1.39. The quantitative estimate of drug-likeness (QED) is 0.679. The van der Waals surface area contributed by atoms with Crippen molar-refractivity contribution in [2.45, 2.75) is 44.7 Å². The minimum atomic E-state index is -0.296. The molecule has 0 saturated heterocycles. The maximum absolute atomic E-state index is 11.5. The number of hydrogen-bond donors (Lipinski definition) is 1. The van der Waals surface area contributed by atoms with Crippen molar-refractivity contribution in [3.63, 3.8) is 0 Å². The summed E-state index contributed by atoms with van der Waals surface area (Å²) in [6.45, 7) is 1.94. The van der Waals surface area contributed by atoms with Crippen LogP contribution in [0, 0.1) is 0 Å². The van der Waals surface area contributed by atoms with Crippen LogP contribution in [0.1, 0.15) is 32.6 Å².